The van der Waals surface area contributed by atoms with Crippen LogP contribution in [0.4, 0.5) is 10.5 Å². The van der Waals surface area contributed by atoms with Gasteiger partial charge in [0.15, 0.2) is 6.61 Å². The van der Waals surface area contributed by atoms with Gasteiger partial charge < -0.3 is 15.4 Å². The Kier molecular flexibility index (Phi) is 7.03. The van der Waals surface area contributed by atoms with Crippen LogP contribution in [0.3, 0.4) is 0 Å². The topological polar surface area (TPSA) is 87.7 Å². The molecule has 4 amide bonds. The Labute approximate surface area is 189 Å². The van der Waals surface area contributed by atoms with Crippen molar-refractivity contribution < 1.29 is 19.1 Å². The minimum atomic E-state index is -0.403. The number of hydrogen-bond acceptors (Lipinski definition) is 6. The summed E-state index contributed by atoms with van der Waals surface area (Å²) in [5.41, 5.74) is 2.60. The summed E-state index contributed by atoms with van der Waals surface area (Å²) in [5, 5.41) is 5.28. The second-order valence-electron chi connectivity index (χ2n) is 7.17. The molecule has 2 saturated heterocycles. The van der Waals surface area contributed by atoms with Gasteiger partial charge in [-0.25, -0.2) is 4.79 Å². The first-order valence-electron chi connectivity index (χ1n) is 10.0. The summed E-state index contributed by atoms with van der Waals surface area (Å²) in [6, 6.07) is 14.6. The van der Waals surface area contributed by atoms with Crippen LogP contribution in [0.25, 0.3) is 0 Å². The Balaban J connectivity index is 1.28. The highest BCUT2D eigenvalue weighted by Gasteiger charge is 2.28. The van der Waals surface area contributed by atoms with Gasteiger partial charge in [-0.2, -0.15) is 0 Å². The molecular weight excluding hydrogens is 434 g/mol. The smallest absolute Gasteiger partial charge is 0.324 e. The number of hydrogen-bond donors (Lipinski definition) is 2. The molecule has 0 unspecified atom stereocenters. The zero-order chi connectivity index (χ0) is 21.6. The summed E-state index contributed by atoms with van der Waals surface area (Å²) >= 11 is 3.93. The number of amides is 4. The number of benzene rings is 2. The summed E-state index contributed by atoms with van der Waals surface area (Å²) in [6.07, 6.45) is 1.26. The summed E-state index contributed by atoms with van der Waals surface area (Å²) in [6.45, 7) is 0.0736. The van der Waals surface area contributed by atoms with E-state index in [9.17, 15) is 14.4 Å². The van der Waals surface area contributed by atoms with Crippen molar-refractivity contribution in [2.45, 2.75) is 17.5 Å². The van der Waals surface area contributed by atoms with Crippen LogP contribution in [0.15, 0.2) is 48.5 Å². The Morgan fingerprint density at radius 1 is 1.13 bits per heavy atom. The van der Waals surface area contributed by atoms with Gasteiger partial charge in [0.1, 0.15) is 5.75 Å². The molecule has 0 aliphatic carbocycles. The third-order valence-corrected chi connectivity index (χ3v) is 7.85. The Bertz CT molecular complexity index is 945. The van der Waals surface area contributed by atoms with Crippen molar-refractivity contribution in [3.05, 3.63) is 59.7 Å². The molecule has 0 spiro atoms. The molecule has 2 aromatic rings. The highest BCUT2D eigenvalue weighted by molar-refractivity contribution is 8.16. The fraction of sp³-hybridized carbons (Fsp3) is 0.318. The van der Waals surface area contributed by atoms with Crippen LogP contribution in [0.2, 0.25) is 0 Å². The molecule has 4 rings (SSSR count). The second-order valence-corrected chi connectivity index (χ2v) is 9.90. The molecule has 2 N–H and O–H groups in total. The molecule has 162 valence electrons. The van der Waals surface area contributed by atoms with Crippen molar-refractivity contribution in [1.29, 1.82) is 0 Å². The molecule has 2 aromatic carbocycles. The van der Waals surface area contributed by atoms with Crippen molar-refractivity contribution in [1.82, 2.24) is 10.2 Å². The van der Waals surface area contributed by atoms with E-state index in [1.807, 2.05) is 35.7 Å². The number of ether oxygens (including phenoxy) is 1. The van der Waals surface area contributed by atoms with Crippen LogP contribution >= 0.6 is 23.5 Å². The lowest BCUT2D eigenvalue weighted by atomic mass is 10.2. The number of thioether (sulfide) groups is 2. The second kappa shape index (κ2) is 10.1. The number of nitrogens with zero attached hydrogens (tertiary/aromatic N) is 1. The lowest BCUT2D eigenvalue weighted by Crippen LogP contribution is -2.30. The van der Waals surface area contributed by atoms with E-state index in [1.165, 1.54) is 23.5 Å². The average molecular weight is 458 g/mol. The fourth-order valence-electron chi connectivity index (χ4n) is 3.29. The zero-order valence-electron chi connectivity index (χ0n) is 16.8. The number of carbonyl (C=O) groups is 3. The van der Waals surface area contributed by atoms with Gasteiger partial charge in [-0.15, -0.1) is 23.5 Å². The maximum Gasteiger partial charge on any atom is 0.324 e. The third-order valence-electron chi connectivity index (χ3n) is 4.84. The van der Waals surface area contributed by atoms with Crippen LogP contribution < -0.4 is 15.4 Å². The summed E-state index contributed by atoms with van der Waals surface area (Å²) in [7, 11) is 0. The Hall–Kier alpha value is -2.65. The number of nitrogens with one attached hydrogen (secondary N) is 2. The number of anilines is 1. The third kappa shape index (κ3) is 5.74. The van der Waals surface area contributed by atoms with Crippen molar-refractivity contribution in [3.63, 3.8) is 0 Å². The first kappa shape index (κ1) is 21.6. The van der Waals surface area contributed by atoms with Gasteiger partial charge in [0.25, 0.3) is 5.91 Å². The van der Waals surface area contributed by atoms with Gasteiger partial charge >= 0.3 is 6.03 Å². The van der Waals surface area contributed by atoms with E-state index < -0.39 is 6.03 Å². The van der Waals surface area contributed by atoms with Gasteiger partial charge in [-0.1, -0.05) is 24.3 Å². The first-order chi connectivity index (χ1) is 15.1. The van der Waals surface area contributed by atoms with E-state index in [0.29, 0.717) is 16.0 Å². The van der Waals surface area contributed by atoms with Crippen LogP contribution in [-0.4, -0.2) is 47.4 Å². The molecule has 7 nitrogen and oxygen atoms in total. The van der Waals surface area contributed by atoms with Crippen molar-refractivity contribution >= 4 is 47.1 Å². The average Bonchev–Trinajstić information content (AvgIpc) is 3.11. The maximum atomic E-state index is 12.3. The summed E-state index contributed by atoms with van der Waals surface area (Å²) < 4.78 is 6.09. The molecule has 2 heterocycles. The minimum Gasteiger partial charge on any atom is -0.484 e. The zero-order valence-corrected chi connectivity index (χ0v) is 18.5. The molecule has 2 fully saturated rings. The fourth-order valence-corrected chi connectivity index (χ4v) is 6.19. The standard InChI is InChI=1S/C22H23N3O4S2/c26-19(14-29-18-7-5-16(6-8-18)21-30-9-2-10-31-21)24-17-4-1-3-15(11-17)13-25-20(27)12-23-22(25)28/h1,3-8,11,21H,2,9-10,12-14H2,(H,23,28)(H,24,26). The van der Waals surface area contributed by atoms with E-state index in [0.717, 1.165) is 10.5 Å². The van der Waals surface area contributed by atoms with Crippen LogP contribution in [0.1, 0.15) is 22.1 Å². The Morgan fingerprint density at radius 2 is 1.90 bits per heavy atom. The molecule has 9 heteroatoms. The molecule has 0 saturated carbocycles. The monoisotopic (exact) mass is 457 g/mol. The number of rotatable bonds is 7. The van der Waals surface area contributed by atoms with Crippen LogP contribution in [0.5, 0.6) is 5.75 Å². The SMILES string of the molecule is O=C(COc1ccc(C2SCCCS2)cc1)Nc1cccc(CN2C(=O)CNC2=O)c1. The predicted octanol–water partition coefficient (Wildman–Crippen LogP) is 3.62. The van der Waals surface area contributed by atoms with E-state index in [1.54, 1.807) is 24.3 Å². The highest BCUT2D eigenvalue weighted by Crippen LogP contribution is 2.43. The quantitative estimate of drug-likeness (QED) is 0.618. The van der Waals surface area contributed by atoms with Crippen LogP contribution in [-0.2, 0) is 16.1 Å². The maximum absolute atomic E-state index is 12.3. The lowest BCUT2D eigenvalue weighted by molar-refractivity contribution is -0.125. The van der Waals surface area contributed by atoms with Crippen molar-refractivity contribution in [2.75, 3.05) is 30.0 Å². The van der Waals surface area contributed by atoms with Gasteiger partial charge in [0.2, 0.25) is 5.91 Å². The molecular formula is C22H23N3O4S2. The van der Waals surface area contributed by atoms with Gasteiger partial charge in [0, 0.05) is 5.69 Å². The molecule has 0 bridgehead atoms. The molecule has 2 aliphatic heterocycles. The first-order valence-corrected chi connectivity index (χ1v) is 12.1. The van der Waals surface area contributed by atoms with Gasteiger partial charge in [0.05, 0.1) is 17.7 Å². The van der Waals surface area contributed by atoms with E-state index in [-0.39, 0.29) is 31.5 Å². The number of imide groups is 1. The molecule has 2 aliphatic rings. The van der Waals surface area contributed by atoms with Crippen molar-refractivity contribution in [3.8, 4) is 5.75 Å². The van der Waals surface area contributed by atoms with E-state index >= 15 is 0 Å². The highest BCUT2D eigenvalue weighted by atomic mass is 32.2. The van der Waals surface area contributed by atoms with Crippen molar-refractivity contribution in [2.24, 2.45) is 0 Å². The normalized spacial score (nSPS) is 16.8. The van der Waals surface area contributed by atoms with Crippen LogP contribution in [0, 0.1) is 0 Å². The van der Waals surface area contributed by atoms with Gasteiger partial charge in [-0.3, -0.25) is 14.5 Å². The largest absolute Gasteiger partial charge is 0.484 e. The molecule has 0 atom stereocenters. The minimum absolute atomic E-state index is 0.0198. The predicted molar refractivity (Wildman–Crippen MR) is 123 cm³/mol. The van der Waals surface area contributed by atoms with E-state index in [4.69, 9.17) is 4.74 Å². The molecule has 0 aromatic heterocycles. The summed E-state index contributed by atoms with van der Waals surface area (Å²) in [4.78, 5) is 36.9. The van der Waals surface area contributed by atoms with E-state index in [2.05, 4.69) is 22.8 Å². The molecule has 31 heavy (non-hydrogen) atoms. The summed E-state index contributed by atoms with van der Waals surface area (Å²) in [5.74, 6) is 2.49. The number of carbonyl (C=O) groups excluding carboxylic acids is 3. The number of urea groups is 1. The Morgan fingerprint density at radius 3 is 2.61 bits per heavy atom. The lowest BCUT2D eigenvalue weighted by Gasteiger charge is -2.21. The van der Waals surface area contributed by atoms with Gasteiger partial charge in [-0.05, 0) is 53.3 Å². The molecule has 0 radical (unpaired) electrons.